The topological polar surface area (TPSA) is 72.8 Å². The van der Waals surface area contributed by atoms with Gasteiger partial charge in [0.05, 0.1) is 19.1 Å². The van der Waals surface area contributed by atoms with Gasteiger partial charge in [-0.05, 0) is 24.8 Å². The maximum atomic E-state index is 11.3. The number of ether oxygens (including phenoxy) is 2. The van der Waals surface area contributed by atoms with E-state index in [1.165, 1.54) is 64.7 Å². The Morgan fingerprint density at radius 1 is 0.812 bits per heavy atom. The molecule has 1 aromatic rings. The molecule has 0 saturated carbocycles. The lowest BCUT2D eigenvalue weighted by molar-refractivity contribution is -0.151. The number of esters is 1. The molecule has 2 atom stereocenters. The zero-order chi connectivity index (χ0) is 23.4. The summed E-state index contributed by atoms with van der Waals surface area (Å²) >= 11 is 0. The van der Waals surface area contributed by atoms with Gasteiger partial charge in [0.25, 0.3) is 0 Å². The van der Waals surface area contributed by atoms with Gasteiger partial charge in [-0.15, -0.1) is 0 Å². The van der Waals surface area contributed by atoms with Crippen LogP contribution in [0.25, 0.3) is 0 Å². The van der Waals surface area contributed by atoms with Crippen molar-refractivity contribution in [1.29, 1.82) is 0 Å². The molecule has 1 aromatic carbocycles. The third kappa shape index (κ3) is 15.9. The van der Waals surface area contributed by atoms with E-state index in [2.05, 4.69) is 6.92 Å². The molecule has 0 bridgehead atoms. The van der Waals surface area contributed by atoms with Crippen molar-refractivity contribution in [2.24, 2.45) is 0 Å². The van der Waals surface area contributed by atoms with Gasteiger partial charge in [-0.2, -0.15) is 0 Å². The van der Waals surface area contributed by atoms with Gasteiger partial charge in [0.1, 0.15) is 6.10 Å². The van der Waals surface area contributed by atoms with E-state index in [0.29, 0.717) is 19.4 Å². The van der Waals surface area contributed by atoms with Crippen molar-refractivity contribution in [2.75, 3.05) is 0 Å². The fraction of sp³-hybridized carbons (Fsp3) is 0.704. The van der Waals surface area contributed by atoms with Crippen LogP contribution in [0.3, 0.4) is 0 Å². The number of benzene rings is 1. The summed E-state index contributed by atoms with van der Waals surface area (Å²) in [5, 5.41) is 9.10. The van der Waals surface area contributed by atoms with Crippen LogP contribution in [0.1, 0.15) is 109 Å². The van der Waals surface area contributed by atoms with E-state index in [1.54, 1.807) is 0 Å². The minimum absolute atomic E-state index is 0.0381. The number of hydrogen-bond acceptors (Lipinski definition) is 4. The molecule has 5 nitrogen and oxygen atoms in total. The highest BCUT2D eigenvalue weighted by Gasteiger charge is 2.19. The lowest BCUT2D eigenvalue weighted by atomic mass is 10.0. The standard InChI is InChI=1S/C27H44O5/c1-3-4-5-6-7-8-9-10-11-15-18-25(31-22-24-16-13-12-14-17-24)19-20-26(21-27(29)30)32-23(2)28/h12-14,16-17,25-26H,3-11,15,18-22H2,1-2H3,(H,29,30). The van der Waals surface area contributed by atoms with Crippen molar-refractivity contribution in [2.45, 2.75) is 123 Å². The summed E-state index contributed by atoms with van der Waals surface area (Å²) < 4.78 is 11.4. The molecule has 0 aromatic heterocycles. The number of carbonyl (C=O) groups excluding carboxylic acids is 1. The van der Waals surface area contributed by atoms with Gasteiger partial charge in [0, 0.05) is 6.92 Å². The predicted molar refractivity (Wildman–Crippen MR) is 129 cm³/mol. The summed E-state index contributed by atoms with van der Waals surface area (Å²) in [4.78, 5) is 22.4. The second kappa shape index (κ2) is 18.7. The molecule has 1 rings (SSSR count). The van der Waals surface area contributed by atoms with Gasteiger partial charge < -0.3 is 14.6 Å². The molecule has 0 heterocycles. The second-order valence-electron chi connectivity index (χ2n) is 8.80. The zero-order valence-electron chi connectivity index (χ0n) is 20.2. The Morgan fingerprint density at radius 2 is 1.38 bits per heavy atom. The number of unbranched alkanes of at least 4 members (excludes halogenated alkanes) is 9. The van der Waals surface area contributed by atoms with E-state index < -0.39 is 18.0 Å². The van der Waals surface area contributed by atoms with Gasteiger partial charge in [0.15, 0.2) is 0 Å². The van der Waals surface area contributed by atoms with Crippen LogP contribution in [0.4, 0.5) is 0 Å². The molecule has 0 aliphatic rings. The maximum absolute atomic E-state index is 11.3. The van der Waals surface area contributed by atoms with Crippen molar-refractivity contribution in [3.63, 3.8) is 0 Å². The molecule has 0 spiro atoms. The van der Waals surface area contributed by atoms with Crippen molar-refractivity contribution in [3.05, 3.63) is 35.9 Å². The van der Waals surface area contributed by atoms with Crippen LogP contribution in [0.2, 0.25) is 0 Å². The van der Waals surface area contributed by atoms with E-state index in [9.17, 15) is 9.59 Å². The number of carboxylic acid groups (broad SMARTS) is 1. The van der Waals surface area contributed by atoms with E-state index in [4.69, 9.17) is 14.6 Å². The molecule has 0 amide bonds. The second-order valence-corrected chi connectivity index (χ2v) is 8.80. The minimum Gasteiger partial charge on any atom is -0.481 e. The Labute approximate surface area is 194 Å². The fourth-order valence-corrected chi connectivity index (χ4v) is 3.96. The van der Waals surface area contributed by atoms with E-state index in [0.717, 1.165) is 18.4 Å². The molecule has 0 radical (unpaired) electrons. The first-order valence-corrected chi connectivity index (χ1v) is 12.6. The smallest absolute Gasteiger partial charge is 0.307 e. The SMILES string of the molecule is CCCCCCCCCCCCC(CCC(CC(=O)O)OC(C)=O)OCc1ccccc1. The van der Waals surface area contributed by atoms with Crippen LogP contribution >= 0.6 is 0 Å². The number of hydrogen-bond donors (Lipinski definition) is 1. The maximum Gasteiger partial charge on any atom is 0.307 e. The first-order valence-electron chi connectivity index (χ1n) is 12.6. The molecule has 0 saturated heterocycles. The average Bonchev–Trinajstić information content (AvgIpc) is 2.76. The summed E-state index contributed by atoms with van der Waals surface area (Å²) in [6.45, 7) is 4.11. The van der Waals surface area contributed by atoms with Crippen molar-refractivity contribution < 1.29 is 24.2 Å². The summed E-state index contributed by atoms with van der Waals surface area (Å²) in [5.41, 5.74) is 1.13. The Bertz CT molecular complexity index is 585. The van der Waals surface area contributed by atoms with Crippen LogP contribution in [0.5, 0.6) is 0 Å². The van der Waals surface area contributed by atoms with Crippen molar-refractivity contribution in [3.8, 4) is 0 Å². The Morgan fingerprint density at radius 3 is 1.94 bits per heavy atom. The van der Waals surface area contributed by atoms with E-state index in [1.807, 2.05) is 30.3 Å². The highest BCUT2D eigenvalue weighted by atomic mass is 16.5. The highest BCUT2D eigenvalue weighted by molar-refractivity contribution is 5.69. The lowest BCUT2D eigenvalue weighted by Gasteiger charge is -2.21. The zero-order valence-corrected chi connectivity index (χ0v) is 20.2. The van der Waals surface area contributed by atoms with Crippen LogP contribution in [-0.4, -0.2) is 29.3 Å². The van der Waals surface area contributed by atoms with Crippen LogP contribution in [0.15, 0.2) is 30.3 Å². The molecule has 182 valence electrons. The minimum atomic E-state index is -0.951. The quantitative estimate of drug-likeness (QED) is 0.171. The van der Waals surface area contributed by atoms with Gasteiger partial charge >= 0.3 is 11.9 Å². The van der Waals surface area contributed by atoms with E-state index in [-0.39, 0.29) is 12.5 Å². The van der Waals surface area contributed by atoms with Crippen molar-refractivity contribution in [1.82, 2.24) is 0 Å². The molecule has 0 aliphatic heterocycles. The molecule has 32 heavy (non-hydrogen) atoms. The Balaban J connectivity index is 2.39. The van der Waals surface area contributed by atoms with Crippen LogP contribution in [0, 0.1) is 0 Å². The molecular weight excluding hydrogens is 404 g/mol. The molecule has 1 N–H and O–H groups in total. The number of aliphatic carboxylic acids is 1. The van der Waals surface area contributed by atoms with Gasteiger partial charge in [-0.1, -0.05) is 101 Å². The third-order valence-corrected chi connectivity index (χ3v) is 5.75. The lowest BCUT2D eigenvalue weighted by Crippen LogP contribution is -2.23. The summed E-state index contributed by atoms with van der Waals surface area (Å²) in [6, 6.07) is 10.1. The predicted octanol–water partition coefficient (Wildman–Crippen LogP) is 7.07. The third-order valence-electron chi connectivity index (χ3n) is 5.75. The number of carbonyl (C=O) groups is 2. The molecule has 5 heteroatoms. The monoisotopic (exact) mass is 448 g/mol. The molecular formula is C27H44O5. The van der Waals surface area contributed by atoms with Crippen LogP contribution < -0.4 is 0 Å². The van der Waals surface area contributed by atoms with Gasteiger partial charge in [0.2, 0.25) is 0 Å². The number of carboxylic acids is 1. The first-order chi connectivity index (χ1) is 15.5. The van der Waals surface area contributed by atoms with Crippen LogP contribution in [-0.2, 0) is 25.7 Å². The molecule has 0 fully saturated rings. The number of rotatable bonds is 20. The van der Waals surface area contributed by atoms with Gasteiger partial charge in [-0.3, -0.25) is 9.59 Å². The molecule has 0 aliphatic carbocycles. The Kier molecular flexibility index (Phi) is 16.4. The average molecular weight is 449 g/mol. The normalized spacial score (nSPS) is 12.9. The first kappa shape index (κ1) is 28.2. The largest absolute Gasteiger partial charge is 0.481 e. The summed E-state index contributed by atoms with van der Waals surface area (Å²) in [5.74, 6) is -1.39. The summed E-state index contributed by atoms with van der Waals surface area (Å²) in [7, 11) is 0. The Hall–Kier alpha value is -1.88. The van der Waals surface area contributed by atoms with Crippen molar-refractivity contribution >= 4 is 11.9 Å². The summed E-state index contributed by atoms with van der Waals surface area (Å²) in [6.07, 6.45) is 14.3. The highest BCUT2D eigenvalue weighted by Crippen LogP contribution is 2.19. The van der Waals surface area contributed by atoms with Gasteiger partial charge in [-0.25, -0.2) is 0 Å². The van der Waals surface area contributed by atoms with E-state index >= 15 is 0 Å². The molecule has 2 unspecified atom stereocenters. The fourth-order valence-electron chi connectivity index (χ4n) is 3.96.